The first-order chi connectivity index (χ1) is 10.5. The molecular formula is C14H14N4O2S2. The summed E-state index contributed by atoms with van der Waals surface area (Å²) in [5.41, 5.74) is 1.21. The molecule has 0 saturated heterocycles. The topological polar surface area (TPSA) is 84.3 Å². The summed E-state index contributed by atoms with van der Waals surface area (Å²) >= 11 is 1.39. The summed E-state index contributed by atoms with van der Waals surface area (Å²) in [6, 6.07) is 8.96. The van der Waals surface area contributed by atoms with Crippen LogP contribution in [0.3, 0.4) is 0 Å². The lowest BCUT2D eigenvalue weighted by Crippen LogP contribution is -2.11. The van der Waals surface area contributed by atoms with Gasteiger partial charge in [0, 0.05) is 5.57 Å². The van der Waals surface area contributed by atoms with Gasteiger partial charge in [-0.05, 0) is 18.9 Å². The first-order valence-electron chi connectivity index (χ1n) is 6.72. The highest BCUT2D eigenvalue weighted by Gasteiger charge is 2.31. The molecule has 1 aromatic heterocycles. The van der Waals surface area contributed by atoms with Crippen LogP contribution in [0.4, 0.5) is 5.13 Å². The van der Waals surface area contributed by atoms with E-state index in [0.717, 1.165) is 11.4 Å². The van der Waals surface area contributed by atoms with Gasteiger partial charge in [0.2, 0.25) is 5.13 Å². The zero-order valence-corrected chi connectivity index (χ0v) is 13.7. The van der Waals surface area contributed by atoms with Gasteiger partial charge in [0.15, 0.2) is 0 Å². The highest BCUT2D eigenvalue weighted by molar-refractivity contribution is 8.00. The van der Waals surface area contributed by atoms with Gasteiger partial charge in [-0.3, -0.25) is 0 Å². The van der Waals surface area contributed by atoms with Crippen molar-refractivity contribution >= 4 is 37.2 Å². The highest BCUT2D eigenvalue weighted by Crippen LogP contribution is 2.33. The lowest BCUT2D eigenvalue weighted by Gasteiger charge is -2.03. The van der Waals surface area contributed by atoms with Crippen molar-refractivity contribution in [3.8, 4) is 0 Å². The van der Waals surface area contributed by atoms with Gasteiger partial charge in [0.1, 0.15) is 15.7 Å². The summed E-state index contributed by atoms with van der Waals surface area (Å²) in [5, 5.41) is 12.4. The molecule has 3 rings (SSSR count). The molecule has 0 spiro atoms. The molecule has 8 heteroatoms. The Bertz CT molecular complexity index is 867. The molecule has 6 nitrogen and oxygen atoms in total. The zero-order valence-electron chi connectivity index (χ0n) is 12.1. The van der Waals surface area contributed by atoms with Crippen molar-refractivity contribution in [3.63, 3.8) is 0 Å². The fourth-order valence-corrected chi connectivity index (χ4v) is 4.27. The third kappa shape index (κ3) is 2.67. The maximum absolute atomic E-state index is 12.3. The monoisotopic (exact) mass is 334 g/mol. The number of aryl methyl sites for hydroxylation is 1. The van der Waals surface area contributed by atoms with Gasteiger partial charge in [0.25, 0.3) is 10.0 Å². The van der Waals surface area contributed by atoms with Crippen molar-refractivity contribution < 1.29 is 8.42 Å². The Hall–Kier alpha value is -2.06. The second-order valence-electron chi connectivity index (χ2n) is 4.71. The summed E-state index contributed by atoms with van der Waals surface area (Å²) in [6.45, 7) is 3.72. The molecule has 0 bridgehead atoms. The summed E-state index contributed by atoms with van der Waals surface area (Å²) in [5.74, 6) is 0.303. The van der Waals surface area contributed by atoms with E-state index in [4.69, 9.17) is 0 Å². The van der Waals surface area contributed by atoms with Crippen molar-refractivity contribution in [2.75, 3.05) is 5.32 Å². The quantitative estimate of drug-likeness (QED) is 0.933. The summed E-state index contributed by atoms with van der Waals surface area (Å²) in [7, 11) is -3.70. The lowest BCUT2D eigenvalue weighted by atomic mass is 10.1. The van der Waals surface area contributed by atoms with Crippen LogP contribution >= 0.6 is 11.3 Å². The number of benzene rings is 1. The number of aromatic nitrogens is 2. The number of anilines is 1. The Balaban J connectivity index is 1.98. The molecule has 0 fully saturated rings. The van der Waals surface area contributed by atoms with Crippen molar-refractivity contribution in [2.45, 2.75) is 20.3 Å². The fraction of sp³-hybridized carbons (Fsp3) is 0.214. The van der Waals surface area contributed by atoms with E-state index in [-0.39, 0.29) is 4.91 Å². The standard InChI is InChI=1S/C14H14N4O2S2/c1-3-11-16-17-14(21-11)15-13-9(2)12(22(19,20)18-13)10-7-5-4-6-8-10/h4-8H,3H2,1-2H3,(H,15,17,18). The van der Waals surface area contributed by atoms with Crippen molar-refractivity contribution in [2.24, 2.45) is 4.40 Å². The predicted octanol–water partition coefficient (Wildman–Crippen LogP) is 2.69. The molecule has 0 unspecified atom stereocenters. The Labute approximate surface area is 132 Å². The minimum absolute atomic E-state index is 0.232. The van der Waals surface area contributed by atoms with Gasteiger partial charge >= 0.3 is 0 Å². The summed E-state index contributed by atoms with van der Waals surface area (Å²) in [4.78, 5) is 0.232. The van der Waals surface area contributed by atoms with Gasteiger partial charge in [-0.2, -0.15) is 8.42 Å². The second-order valence-corrected chi connectivity index (χ2v) is 7.32. The van der Waals surface area contributed by atoms with E-state index in [1.54, 1.807) is 31.2 Å². The van der Waals surface area contributed by atoms with Crippen molar-refractivity contribution in [3.05, 3.63) is 46.5 Å². The van der Waals surface area contributed by atoms with Crippen molar-refractivity contribution in [1.82, 2.24) is 10.2 Å². The average Bonchev–Trinajstić information content (AvgIpc) is 3.03. The molecule has 0 saturated carbocycles. The van der Waals surface area contributed by atoms with E-state index in [2.05, 4.69) is 19.9 Å². The molecule has 22 heavy (non-hydrogen) atoms. The Morgan fingerprint density at radius 1 is 1.18 bits per heavy atom. The largest absolute Gasteiger partial charge is 0.314 e. The number of rotatable bonds is 3. The van der Waals surface area contributed by atoms with E-state index in [0.29, 0.717) is 22.1 Å². The van der Waals surface area contributed by atoms with E-state index in [1.807, 2.05) is 13.0 Å². The minimum atomic E-state index is -3.70. The van der Waals surface area contributed by atoms with E-state index < -0.39 is 10.0 Å². The molecule has 2 aromatic rings. The van der Waals surface area contributed by atoms with Crippen LogP contribution in [0.5, 0.6) is 0 Å². The molecule has 0 radical (unpaired) electrons. The molecule has 1 aliphatic heterocycles. The molecule has 0 atom stereocenters. The number of hydrogen-bond acceptors (Lipinski definition) is 6. The first kappa shape index (κ1) is 14.9. The fourth-order valence-electron chi connectivity index (χ4n) is 2.16. The number of nitrogens with zero attached hydrogens (tertiary/aromatic N) is 3. The average molecular weight is 334 g/mol. The molecule has 1 aliphatic rings. The summed E-state index contributed by atoms with van der Waals surface area (Å²) < 4.78 is 28.5. The first-order valence-corrected chi connectivity index (χ1v) is 8.98. The highest BCUT2D eigenvalue weighted by atomic mass is 32.2. The maximum Gasteiger partial charge on any atom is 0.285 e. The SMILES string of the molecule is CCc1nnc(NC2=NS(=O)(=O)C(c3ccccc3)=C2C)s1. The predicted molar refractivity (Wildman–Crippen MR) is 88.3 cm³/mol. The van der Waals surface area contributed by atoms with E-state index >= 15 is 0 Å². The Kier molecular flexibility index (Phi) is 3.79. The van der Waals surface area contributed by atoms with Crippen LogP contribution in [0.25, 0.3) is 4.91 Å². The van der Waals surface area contributed by atoms with E-state index in [1.165, 1.54) is 11.3 Å². The number of nitrogens with one attached hydrogen (secondary N) is 1. The van der Waals surface area contributed by atoms with Crippen LogP contribution in [0.15, 0.2) is 40.3 Å². The van der Waals surface area contributed by atoms with Gasteiger partial charge in [-0.1, -0.05) is 48.6 Å². The lowest BCUT2D eigenvalue weighted by molar-refractivity contribution is 0.608. The minimum Gasteiger partial charge on any atom is -0.314 e. The molecule has 114 valence electrons. The van der Waals surface area contributed by atoms with Crippen LogP contribution in [0, 0.1) is 0 Å². The van der Waals surface area contributed by atoms with Gasteiger partial charge in [-0.25, -0.2) is 0 Å². The van der Waals surface area contributed by atoms with Crippen molar-refractivity contribution in [1.29, 1.82) is 0 Å². The molecule has 0 amide bonds. The number of amidine groups is 1. The smallest absolute Gasteiger partial charge is 0.285 e. The van der Waals surface area contributed by atoms with Gasteiger partial charge in [0.05, 0.1) is 0 Å². The van der Waals surface area contributed by atoms with Gasteiger partial charge < -0.3 is 5.32 Å². The van der Waals surface area contributed by atoms with Crippen LogP contribution in [-0.2, 0) is 16.4 Å². The van der Waals surface area contributed by atoms with Crippen LogP contribution in [0.2, 0.25) is 0 Å². The molecule has 0 aliphatic carbocycles. The summed E-state index contributed by atoms with van der Waals surface area (Å²) in [6.07, 6.45) is 0.786. The normalized spacial score (nSPS) is 16.7. The van der Waals surface area contributed by atoms with Crippen LogP contribution < -0.4 is 5.32 Å². The van der Waals surface area contributed by atoms with Gasteiger partial charge in [-0.15, -0.1) is 14.6 Å². The number of sulfonamides is 1. The molecule has 2 heterocycles. The third-order valence-corrected chi connectivity index (χ3v) is 5.66. The maximum atomic E-state index is 12.3. The molecule has 1 N–H and O–H groups in total. The second kappa shape index (κ2) is 5.62. The Morgan fingerprint density at radius 2 is 1.91 bits per heavy atom. The van der Waals surface area contributed by atoms with Crippen LogP contribution in [-0.4, -0.2) is 24.5 Å². The van der Waals surface area contributed by atoms with Crippen LogP contribution in [0.1, 0.15) is 24.4 Å². The van der Waals surface area contributed by atoms with E-state index in [9.17, 15) is 8.42 Å². The third-order valence-electron chi connectivity index (χ3n) is 3.20. The molecule has 1 aromatic carbocycles. The number of hydrogen-bond donors (Lipinski definition) is 1. The zero-order chi connectivity index (χ0) is 15.7. The Morgan fingerprint density at radius 3 is 2.55 bits per heavy atom. The molecular weight excluding hydrogens is 320 g/mol.